The van der Waals surface area contributed by atoms with E-state index < -0.39 is 0 Å². The van der Waals surface area contributed by atoms with Gasteiger partial charge in [-0.3, -0.25) is 4.79 Å². The van der Waals surface area contributed by atoms with Crippen molar-refractivity contribution >= 4 is 29.1 Å². The van der Waals surface area contributed by atoms with E-state index in [2.05, 4.69) is 5.32 Å². The van der Waals surface area contributed by atoms with Crippen LogP contribution in [0.1, 0.15) is 28.9 Å². The molecule has 26 heavy (non-hydrogen) atoms. The third-order valence-electron chi connectivity index (χ3n) is 3.86. The minimum absolute atomic E-state index is 0.151. The third kappa shape index (κ3) is 4.57. The highest BCUT2D eigenvalue weighted by molar-refractivity contribution is 6.31. The van der Waals surface area contributed by atoms with Crippen LogP contribution < -0.4 is 10.1 Å². The quantitative estimate of drug-likeness (QED) is 0.561. The van der Waals surface area contributed by atoms with Gasteiger partial charge < -0.3 is 10.1 Å². The van der Waals surface area contributed by atoms with Gasteiger partial charge in [-0.2, -0.15) is 0 Å². The van der Waals surface area contributed by atoms with Crippen LogP contribution in [-0.4, -0.2) is 5.91 Å². The van der Waals surface area contributed by atoms with Crippen LogP contribution in [0.3, 0.4) is 0 Å². The Kier molecular flexibility index (Phi) is 5.82. The molecule has 0 fully saturated rings. The van der Waals surface area contributed by atoms with Crippen LogP contribution >= 0.6 is 23.2 Å². The van der Waals surface area contributed by atoms with E-state index in [1.807, 2.05) is 37.3 Å². The number of nitrogens with one attached hydrogen (secondary N) is 1. The summed E-state index contributed by atoms with van der Waals surface area (Å²) in [4.78, 5) is 12.8. The van der Waals surface area contributed by atoms with Crippen molar-refractivity contribution in [2.45, 2.75) is 13.0 Å². The summed E-state index contributed by atoms with van der Waals surface area (Å²) in [7, 11) is 0. The number of amides is 1. The molecular weight excluding hydrogens is 369 g/mol. The Hall–Kier alpha value is -2.49. The van der Waals surface area contributed by atoms with Gasteiger partial charge in [0.15, 0.2) is 0 Å². The summed E-state index contributed by atoms with van der Waals surface area (Å²) in [6, 6.07) is 21.5. The van der Waals surface area contributed by atoms with Crippen LogP contribution in [0.4, 0.5) is 0 Å². The third-order valence-corrected chi connectivity index (χ3v) is 4.33. The van der Waals surface area contributed by atoms with Gasteiger partial charge >= 0.3 is 0 Å². The fourth-order valence-electron chi connectivity index (χ4n) is 2.53. The molecule has 3 aromatic rings. The standard InChI is InChI=1S/C21H17Cl2NO2/c1-14(15-6-3-2-4-7-15)24-21(25)19-13-17(23)10-11-20(19)26-18-9-5-8-16(22)12-18/h2-14H,1H3,(H,24,25)/t14-/m0/s1. The number of carbonyl (C=O) groups is 1. The summed E-state index contributed by atoms with van der Waals surface area (Å²) in [5.41, 5.74) is 1.38. The predicted molar refractivity (Wildman–Crippen MR) is 105 cm³/mol. The van der Waals surface area contributed by atoms with Gasteiger partial charge in [-0.25, -0.2) is 0 Å². The maximum atomic E-state index is 12.8. The summed E-state index contributed by atoms with van der Waals surface area (Å²) in [5.74, 6) is 0.695. The van der Waals surface area contributed by atoms with Gasteiger partial charge in [0.2, 0.25) is 0 Å². The van der Waals surface area contributed by atoms with Crippen molar-refractivity contribution in [2.24, 2.45) is 0 Å². The number of benzene rings is 3. The topological polar surface area (TPSA) is 38.3 Å². The molecule has 0 saturated heterocycles. The van der Waals surface area contributed by atoms with Gasteiger partial charge in [0.1, 0.15) is 11.5 Å². The Balaban J connectivity index is 1.84. The van der Waals surface area contributed by atoms with E-state index in [4.69, 9.17) is 27.9 Å². The van der Waals surface area contributed by atoms with E-state index in [0.29, 0.717) is 27.1 Å². The molecule has 1 N–H and O–H groups in total. The Bertz CT molecular complexity index is 913. The second-order valence-corrected chi connectivity index (χ2v) is 6.68. The monoisotopic (exact) mass is 385 g/mol. The van der Waals surface area contributed by atoms with Crippen LogP contribution in [0.5, 0.6) is 11.5 Å². The van der Waals surface area contributed by atoms with Gasteiger partial charge in [0.25, 0.3) is 5.91 Å². The molecule has 3 aromatic carbocycles. The van der Waals surface area contributed by atoms with E-state index in [1.54, 1.807) is 42.5 Å². The zero-order valence-corrected chi connectivity index (χ0v) is 15.6. The molecule has 132 valence electrons. The highest BCUT2D eigenvalue weighted by Crippen LogP contribution is 2.29. The Morgan fingerprint density at radius 2 is 1.65 bits per heavy atom. The van der Waals surface area contributed by atoms with Crippen molar-refractivity contribution in [1.29, 1.82) is 0 Å². The second kappa shape index (κ2) is 8.26. The number of ether oxygens (including phenoxy) is 1. The minimum Gasteiger partial charge on any atom is -0.456 e. The Morgan fingerprint density at radius 1 is 0.923 bits per heavy atom. The van der Waals surface area contributed by atoms with Gasteiger partial charge in [0.05, 0.1) is 11.6 Å². The van der Waals surface area contributed by atoms with E-state index in [9.17, 15) is 4.79 Å². The van der Waals surface area contributed by atoms with Crippen molar-refractivity contribution in [3.63, 3.8) is 0 Å². The zero-order chi connectivity index (χ0) is 18.5. The molecular formula is C21H17Cl2NO2. The molecule has 0 saturated carbocycles. The number of halogens is 2. The lowest BCUT2D eigenvalue weighted by Crippen LogP contribution is -2.27. The molecule has 0 aliphatic heterocycles. The molecule has 0 aromatic heterocycles. The number of rotatable bonds is 5. The predicted octanol–water partition coefficient (Wildman–Crippen LogP) is 6.28. The first kappa shape index (κ1) is 18.3. The lowest BCUT2D eigenvalue weighted by Gasteiger charge is -2.16. The molecule has 0 aliphatic carbocycles. The van der Waals surface area contributed by atoms with Crippen LogP contribution in [-0.2, 0) is 0 Å². The molecule has 0 bridgehead atoms. The first-order valence-corrected chi connectivity index (χ1v) is 8.87. The average molecular weight is 386 g/mol. The van der Waals surface area contributed by atoms with Gasteiger partial charge in [-0.1, -0.05) is 59.6 Å². The molecule has 0 spiro atoms. The van der Waals surface area contributed by atoms with E-state index in [-0.39, 0.29) is 11.9 Å². The van der Waals surface area contributed by atoms with Crippen molar-refractivity contribution in [3.05, 3.63) is 94.0 Å². The van der Waals surface area contributed by atoms with Gasteiger partial charge in [-0.05, 0) is 48.9 Å². The van der Waals surface area contributed by atoms with Gasteiger partial charge in [-0.15, -0.1) is 0 Å². The van der Waals surface area contributed by atoms with Gasteiger partial charge in [0, 0.05) is 10.0 Å². The first-order chi connectivity index (χ1) is 12.5. The fourth-order valence-corrected chi connectivity index (χ4v) is 2.88. The maximum Gasteiger partial charge on any atom is 0.255 e. The molecule has 5 heteroatoms. The lowest BCUT2D eigenvalue weighted by molar-refractivity contribution is 0.0937. The van der Waals surface area contributed by atoms with Crippen LogP contribution in [0.15, 0.2) is 72.8 Å². The highest BCUT2D eigenvalue weighted by Gasteiger charge is 2.17. The molecule has 3 rings (SSSR count). The van der Waals surface area contributed by atoms with Crippen molar-refractivity contribution in [1.82, 2.24) is 5.32 Å². The first-order valence-electron chi connectivity index (χ1n) is 8.12. The smallest absolute Gasteiger partial charge is 0.255 e. The van der Waals surface area contributed by atoms with Crippen molar-refractivity contribution in [3.8, 4) is 11.5 Å². The normalized spacial score (nSPS) is 11.7. The fraction of sp³-hybridized carbons (Fsp3) is 0.0952. The highest BCUT2D eigenvalue weighted by atomic mass is 35.5. The number of hydrogen-bond acceptors (Lipinski definition) is 2. The van der Waals surface area contributed by atoms with E-state index >= 15 is 0 Å². The van der Waals surface area contributed by atoms with Crippen LogP contribution in [0.25, 0.3) is 0 Å². The molecule has 0 heterocycles. The summed E-state index contributed by atoms with van der Waals surface area (Å²) >= 11 is 12.1. The Labute approximate surface area is 162 Å². The number of hydrogen-bond donors (Lipinski definition) is 1. The van der Waals surface area contributed by atoms with Crippen molar-refractivity contribution in [2.75, 3.05) is 0 Å². The summed E-state index contributed by atoms with van der Waals surface area (Å²) < 4.78 is 5.85. The zero-order valence-electron chi connectivity index (χ0n) is 14.1. The van der Waals surface area contributed by atoms with E-state index in [0.717, 1.165) is 5.56 Å². The van der Waals surface area contributed by atoms with Crippen LogP contribution in [0, 0.1) is 0 Å². The molecule has 1 amide bonds. The molecule has 0 radical (unpaired) electrons. The average Bonchev–Trinajstić information content (AvgIpc) is 2.64. The summed E-state index contributed by atoms with van der Waals surface area (Å²) in [6.07, 6.45) is 0. The van der Waals surface area contributed by atoms with Crippen LogP contribution in [0.2, 0.25) is 10.0 Å². The van der Waals surface area contributed by atoms with E-state index in [1.165, 1.54) is 0 Å². The molecule has 1 atom stereocenters. The Morgan fingerprint density at radius 3 is 2.38 bits per heavy atom. The SMILES string of the molecule is C[C@H](NC(=O)c1cc(Cl)ccc1Oc1cccc(Cl)c1)c1ccccc1. The summed E-state index contributed by atoms with van der Waals surface area (Å²) in [6.45, 7) is 1.93. The number of carbonyl (C=O) groups excluding carboxylic acids is 1. The maximum absolute atomic E-state index is 12.8. The summed E-state index contributed by atoms with van der Waals surface area (Å²) in [5, 5.41) is 3.99. The molecule has 0 unspecified atom stereocenters. The second-order valence-electron chi connectivity index (χ2n) is 5.81. The lowest BCUT2D eigenvalue weighted by atomic mass is 10.1. The minimum atomic E-state index is -0.263. The largest absolute Gasteiger partial charge is 0.456 e. The molecule has 0 aliphatic rings. The molecule has 3 nitrogen and oxygen atoms in total. The van der Waals surface area contributed by atoms with Crippen molar-refractivity contribution < 1.29 is 9.53 Å².